The zero-order valence-electron chi connectivity index (χ0n) is 12.1. The summed E-state index contributed by atoms with van der Waals surface area (Å²) in [7, 11) is 0. The molecule has 2 aromatic carbocycles. The number of carbonyl (C=O) groups excluding carboxylic acids is 1. The largest absolute Gasteiger partial charge is 0.294 e. The smallest absolute Gasteiger partial charge is 0.168 e. The zero-order chi connectivity index (χ0) is 14.7. The Morgan fingerprint density at radius 1 is 1.10 bits per heavy atom. The number of hydrogen-bond donors (Lipinski definition) is 0. The first-order valence-corrected chi connectivity index (χ1v) is 7.23. The lowest BCUT2D eigenvalue weighted by atomic mass is 9.98. The molecule has 0 atom stereocenters. The highest BCUT2D eigenvalue weighted by molar-refractivity contribution is 6.34. The van der Waals surface area contributed by atoms with Gasteiger partial charge >= 0.3 is 0 Å². The second kappa shape index (κ2) is 6.23. The molecule has 2 rings (SSSR count). The number of hydrogen-bond acceptors (Lipinski definition) is 1. The van der Waals surface area contributed by atoms with Crippen molar-refractivity contribution in [3.8, 4) is 0 Å². The molecule has 2 aromatic rings. The van der Waals surface area contributed by atoms with Gasteiger partial charge in [0.1, 0.15) is 0 Å². The molecule has 0 aliphatic rings. The van der Waals surface area contributed by atoms with Crippen LogP contribution in [0, 0.1) is 6.92 Å². The van der Waals surface area contributed by atoms with Crippen LogP contribution >= 0.6 is 11.6 Å². The molecule has 0 unspecified atom stereocenters. The lowest BCUT2D eigenvalue weighted by Gasteiger charge is -2.08. The molecule has 0 aliphatic heterocycles. The molecule has 1 nitrogen and oxygen atoms in total. The molecule has 0 bridgehead atoms. The van der Waals surface area contributed by atoms with E-state index in [9.17, 15) is 4.79 Å². The minimum absolute atomic E-state index is 0.0623. The summed E-state index contributed by atoms with van der Waals surface area (Å²) in [5.41, 5.74) is 3.98. The van der Waals surface area contributed by atoms with Crippen molar-refractivity contribution in [2.24, 2.45) is 0 Å². The highest BCUT2D eigenvalue weighted by Gasteiger charge is 2.11. The average molecular weight is 287 g/mol. The molecule has 0 aliphatic carbocycles. The van der Waals surface area contributed by atoms with Gasteiger partial charge in [-0.25, -0.2) is 0 Å². The van der Waals surface area contributed by atoms with Crippen LogP contribution in [0.1, 0.15) is 46.8 Å². The fourth-order valence-corrected chi connectivity index (χ4v) is 2.49. The Balaban J connectivity index is 2.15. The van der Waals surface area contributed by atoms with Gasteiger partial charge < -0.3 is 0 Å². The quantitative estimate of drug-likeness (QED) is 0.706. The van der Waals surface area contributed by atoms with Crippen LogP contribution in [0.15, 0.2) is 42.5 Å². The van der Waals surface area contributed by atoms with Crippen LogP contribution < -0.4 is 0 Å². The molecule has 0 aromatic heterocycles. The Hall–Kier alpha value is -1.60. The Kier molecular flexibility index (Phi) is 4.61. The van der Waals surface area contributed by atoms with Gasteiger partial charge in [-0.3, -0.25) is 4.79 Å². The van der Waals surface area contributed by atoms with Crippen LogP contribution in [0.2, 0.25) is 5.02 Å². The first-order valence-electron chi connectivity index (χ1n) is 6.85. The molecule has 0 N–H and O–H groups in total. The molecule has 104 valence electrons. The van der Waals surface area contributed by atoms with Gasteiger partial charge in [-0.15, -0.1) is 0 Å². The molecule has 0 saturated heterocycles. The number of ketones is 1. The van der Waals surface area contributed by atoms with Crippen molar-refractivity contribution < 1.29 is 4.79 Å². The first-order chi connectivity index (χ1) is 9.47. The van der Waals surface area contributed by atoms with E-state index in [1.165, 1.54) is 5.56 Å². The molecule has 0 amide bonds. The molecular weight excluding hydrogens is 268 g/mol. The van der Waals surface area contributed by atoms with Gasteiger partial charge in [0, 0.05) is 12.0 Å². The van der Waals surface area contributed by atoms with Crippen LogP contribution in [0.4, 0.5) is 0 Å². The van der Waals surface area contributed by atoms with E-state index in [1.54, 1.807) is 0 Å². The van der Waals surface area contributed by atoms with Crippen LogP contribution in [0.25, 0.3) is 0 Å². The summed E-state index contributed by atoms with van der Waals surface area (Å²) in [6.07, 6.45) is 0.390. The zero-order valence-corrected chi connectivity index (χ0v) is 12.9. The lowest BCUT2D eigenvalue weighted by molar-refractivity contribution is 0.0993. The number of rotatable bonds is 4. The Morgan fingerprint density at radius 2 is 1.75 bits per heavy atom. The van der Waals surface area contributed by atoms with Crippen LogP contribution in [0.5, 0.6) is 0 Å². The van der Waals surface area contributed by atoms with Crippen molar-refractivity contribution >= 4 is 17.4 Å². The van der Waals surface area contributed by atoms with Gasteiger partial charge in [0.05, 0.1) is 5.02 Å². The summed E-state index contributed by atoms with van der Waals surface area (Å²) < 4.78 is 0. The third kappa shape index (κ3) is 3.49. The first kappa shape index (κ1) is 14.8. The minimum Gasteiger partial charge on any atom is -0.294 e. The monoisotopic (exact) mass is 286 g/mol. The van der Waals surface area contributed by atoms with E-state index in [2.05, 4.69) is 26.0 Å². The molecule has 0 saturated carbocycles. The average Bonchev–Trinajstić information content (AvgIpc) is 2.39. The van der Waals surface area contributed by atoms with E-state index in [4.69, 9.17) is 11.6 Å². The van der Waals surface area contributed by atoms with Crippen molar-refractivity contribution in [2.45, 2.75) is 33.1 Å². The summed E-state index contributed by atoms with van der Waals surface area (Å²) in [4.78, 5) is 12.3. The fourth-order valence-electron chi connectivity index (χ4n) is 2.15. The minimum atomic E-state index is 0.0623. The van der Waals surface area contributed by atoms with E-state index >= 15 is 0 Å². The predicted molar refractivity (Wildman–Crippen MR) is 84.8 cm³/mol. The third-order valence-electron chi connectivity index (χ3n) is 3.44. The fraction of sp³-hybridized carbons (Fsp3) is 0.278. The highest BCUT2D eigenvalue weighted by Crippen LogP contribution is 2.20. The Bertz CT molecular complexity index is 612. The van der Waals surface area contributed by atoms with Crippen LogP contribution in [0.3, 0.4) is 0 Å². The maximum atomic E-state index is 12.3. The maximum Gasteiger partial charge on any atom is 0.168 e. The van der Waals surface area contributed by atoms with Gasteiger partial charge in [-0.2, -0.15) is 0 Å². The third-order valence-corrected chi connectivity index (χ3v) is 3.75. The van der Waals surface area contributed by atoms with E-state index in [0.717, 1.165) is 11.1 Å². The van der Waals surface area contributed by atoms with Gasteiger partial charge in [-0.05, 0) is 41.7 Å². The number of halogens is 1. The maximum absolute atomic E-state index is 12.3. The summed E-state index contributed by atoms with van der Waals surface area (Å²) in [5.74, 6) is 0.568. The normalized spacial score (nSPS) is 10.8. The number of Topliss-reactive ketones (excluding diaryl/α,β-unsaturated/α-hetero) is 1. The summed E-state index contributed by atoms with van der Waals surface area (Å²) in [6.45, 7) is 6.28. The SMILES string of the molecule is Cc1ccc(C(=O)Cc2ccc(C(C)C)cc2)c(Cl)c1. The second-order valence-corrected chi connectivity index (χ2v) is 5.89. The van der Waals surface area contributed by atoms with Gasteiger partial charge in [0.15, 0.2) is 5.78 Å². The van der Waals surface area contributed by atoms with Crippen molar-refractivity contribution in [2.75, 3.05) is 0 Å². The van der Waals surface area contributed by atoms with Crippen LogP contribution in [-0.4, -0.2) is 5.78 Å². The molecule has 2 heteroatoms. The number of aryl methyl sites for hydroxylation is 1. The van der Waals surface area contributed by atoms with E-state index in [0.29, 0.717) is 22.9 Å². The standard InChI is InChI=1S/C18H19ClO/c1-12(2)15-7-5-14(6-8-15)11-18(20)16-9-4-13(3)10-17(16)19/h4-10,12H,11H2,1-3H3. The molecule has 0 fully saturated rings. The van der Waals surface area contributed by atoms with Gasteiger partial charge in [0.2, 0.25) is 0 Å². The van der Waals surface area contributed by atoms with E-state index in [-0.39, 0.29) is 5.78 Å². The summed E-state index contributed by atoms with van der Waals surface area (Å²) >= 11 is 6.14. The second-order valence-electron chi connectivity index (χ2n) is 5.48. The Labute approximate surface area is 125 Å². The molecule has 0 radical (unpaired) electrons. The Morgan fingerprint density at radius 3 is 2.30 bits per heavy atom. The number of benzene rings is 2. The summed E-state index contributed by atoms with van der Waals surface area (Å²) in [5, 5.41) is 0.536. The van der Waals surface area contributed by atoms with E-state index < -0.39 is 0 Å². The molecule has 0 heterocycles. The molecule has 20 heavy (non-hydrogen) atoms. The van der Waals surface area contributed by atoms with E-state index in [1.807, 2.05) is 37.3 Å². The van der Waals surface area contributed by atoms with Crippen molar-refractivity contribution in [1.29, 1.82) is 0 Å². The van der Waals surface area contributed by atoms with Crippen molar-refractivity contribution in [1.82, 2.24) is 0 Å². The van der Waals surface area contributed by atoms with Gasteiger partial charge in [0.25, 0.3) is 0 Å². The summed E-state index contributed by atoms with van der Waals surface area (Å²) in [6, 6.07) is 13.8. The highest BCUT2D eigenvalue weighted by atomic mass is 35.5. The lowest BCUT2D eigenvalue weighted by Crippen LogP contribution is -2.04. The molecular formula is C18H19ClO. The predicted octanol–water partition coefficient (Wildman–Crippen LogP) is 5.20. The topological polar surface area (TPSA) is 17.1 Å². The van der Waals surface area contributed by atoms with Crippen LogP contribution in [-0.2, 0) is 6.42 Å². The van der Waals surface area contributed by atoms with Gasteiger partial charge in [-0.1, -0.05) is 55.8 Å². The number of carbonyl (C=O) groups is 1. The molecule has 0 spiro atoms. The van der Waals surface area contributed by atoms with Crippen molar-refractivity contribution in [3.05, 3.63) is 69.7 Å². The van der Waals surface area contributed by atoms with Crippen molar-refractivity contribution in [3.63, 3.8) is 0 Å².